The van der Waals surface area contributed by atoms with E-state index in [2.05, 4.69) is 36.2 Å². The SMILES string of the molecule is Cc1ccccc1-c1cc(N2CCOC(O)C2)ncc1C(=O)N(C)Cc1c(C)ccc2ccccc12. The van der Waals surface area contributed by atoms with Gasteiger partial charge in [-0.05, 0) is 58.5 Å². The average molecular weight is 482 g/mol. The minimum absolute atomic E-state index is 0.0818. The number of hydrogen-bond acceptors (Lipinski definition) is 5. The minimum Gasteiger partial charge on any atom is -0.366 e. The molecule has 184 valence electrons. The second kappa shape index (κ2) is 10.1. The van der Waals surface area contributed by atoms with Crippen LogP contribution >= 0.6 is 0 Å². The van der Waals surface area contributed by atoms with Crippen LogP contribution in [0.25, 0.3) is 21.9 Å². The first-order chi connectivity index (χ1) is 17.4. The van der Waals surface area contributed by atoms with Crippen molar-refractivity contribution < 1.29 is 14.6 Å². The van der Waals surface area contributed by atoms with E-state index in [1.54, 1.807) is 11.1 Å². The zero-order valence-corrected chi connectivity index (χ0v) is 20.9. The summed E-state index contributed by atoms with van der Waals surface area (Å²) in [5, 5.41) is 12.3. The highest BCUT2D eigenvalue weighted by molar-refractivity contribution is 6.01. The number of anilines is 1. The van der Waals surface area contributed by atoms with Gasteiger partial charge >= 0.3 is 0 Å². The third kappa shape index (κ3) is 4.70. The van der Waals surface area contributed by atoms with Crippen LogP contribution in [0.5, 0.6) is 0 Å². The van der Waals surface area contributed by atoms with Gasteiger partial charge in [0.2, 0.25) is 0 Å². The first-order valence-corrected chi connectivity index (χ1v) is 12.3. The number of β-amino-alcohol motifs (C(OH)–C–C–N with tert-alkyl or cyclic N) is 1. The van der Waals surface area contributed by atoms with Crippen molar-refractivity contribution in [1.29, 1.82) is 0 Å². The van der Waals surface area contributed by atoms with Crippen molar-refractivity contribution in [3.8, 4) is 11.1 Å². The van der Waals surface area contributed by atoms with Crippen LogP contribution < -0.4 is 4.90 Å². The fourth-order valence-electron chi connectivity index (χ4n) is 4.89. The van der Waals surface area contributed by atoms with Crippen molar-refractivity contribution in [2.24, 2.45) is 0 Å². The molecule has 2 heterocycles. The molecule has 3 aromatic carbocycles. The first-order valence-electron chi connectivity index (χ1n) is 12.3. The third-order valence-corrected chi connectivity index (χ3v) is 6.94. The van der Waals surface area contributed by atoms with Gasteiger partial charge in [-0.25, -0.2) is 4.98 Å². The van der Waals surface area contributed by atoms with Gasteiger partial charge < -0.3 is 19.6 Å². The van der Waals surface area contributed by atoms with Gasteiger partial charge in [-0.3, -0.25) is 4.79 Å². The molecular weight excluding hydrogens is 450 g/mol. The number of aliphatic hydroxyl groups excluding tert-OH is 1. The predicted molar refractivity (Wildman–Crippen MR) is 143 cm³/mol. The van der Waals surface area contributed by atoms with Crippen LogP contribution in [0.4, 0.5) is 5.82 Å². The molecule has 1 aliphatic rings. The van der Waals surface area contributed by atoms with E-state index in [0.29, 0.717) is 31.8 Å². The van der Waals surface area contributed by atoms with Crippen LogP contribution in [0.15, 0.2) is 72.9 Å². The van der Waals surface area contributed by atoms with Crippen LogP contribution in [-0.4, -0.2) is 53.9 Å². The molecule has 0 radical (unpaired) electrons. The molecule has 1 saturated heterocycles. The minimum atomic E-state index is -0.848. The van der Waals surface area contributed by atoms with Crippen LogP contribution in [0, 0.1) is 13.8 Å². The number of aliphatic hydroxyl groups is 1. The molecule has 1 N–H and O–H groups in total. The molecule has 6 heteroatoms. The molecule has 5 rings (SSSR count). The van der Waals surface area contributed by atoms with E-state index in [1.807, 2.05) is 61.3 Å². The van der Waals surface area contributed by atoms with Crippen molar-refractivity contribution >= 4 is 22.5 Å². The fourth-order valence-corrected chi connectivity index (χ4v) is 4.89. The van der Waals surface area contributed by atoms with Gasteiger partial charge in [-0.1, -0.05) is 60.7 Å². The number of morpholine rings is 1. The molecule has 0 bridgehead atoms. The summed E-state index contributed by atoms with van der Waals surface area (Å²) in [5.41, 5.74) is 5.78. The van der Waals surface area contributed by atoms with Gasteiger partial charge in [0.05, 0.1) is 18.7 Å². The van der Waals surface area contributed by atoms with Crippen LogP contribution in [0.1, 0.15) is 27.0 Å². The fraction of sp³-hybridized carbons (Fsp3) is 0.267. The van der Waals surface area contributed by atoms with Gasteiger partial charge in [0.25, 0.3) is 5.91 Å². The summed E-state index contributed by atoms with van der Waals surface area (Å²) in [5.74, 6) is 0.640. The summed E-state index contributed by atoms with van der Waals surface area (Å²) >= 11 is 0. The third-order valence-electron chi connectivity index (χ3n) is 6.94. The largest absolute Gasteiger partial charge is 0.366 e. The maximum Gasteiger partial charge on any atom is 0.256 e. The number of rotatable bonds is 5. The Bertz CT molecular complexity index is 1420. The maximum atomic E-state index is 13.9. The normalized spacial score (nSPS) is 15.8. The number of hydrogen-bond donors (Lipinski definition) is 1. The van der Waals surface area contributed by atoms with E-state index in [9.17, 15) is 9.90 Å². The van der Waals surface area contributed by atoms with E-state index in [0.717, 1.165) is 39.0 Å². The Labute approximate surface area is 211 Å². The number of nitrogens with zero attached hydrogens (tertiary/aromatic N) is 3. The highest BCUT2D eigenvalue weighted by atomic mass is 16.6. The molecule has 0 saturated carbocycles. The summed E-state index contributed by atoms with van der Waals surface area (Å²) in [7, 11) is 1.84. The van der Waals surface area contributed by atoms with Gasteiger partial charge in [0, 0.05) is 26.3 Å². The molecule has 1 unspecified atom stereocenters. The van der Waals surface area contributed by atoms with Crippen molar-refractivity contribution in [2.75, 3.05) is 31.6 Å². The molecular formula is C30H31N3O3. The molecule has 0 spiro atoms. The van der Waals surface area contributed by atoms with E-state index in [1.165, 1.54) is 5.39 Å². The highest BCUT2D eigenvalue weighted by Gasteiger charge is 2.24. The Morgan fingerprint density at radius 3 is 2.64 bits per heavy atom. The Hall–Kier alpha value is -3.74. The van der Waals surface area contributed by atoms with E-state index >= 15 is 0 Å². The topological polar surface area (TPSA) is 65.9 Å². The molecule has 1 aliphatic heterocycles. The zero-order chi connectivity index (χ0) is 25.2. The molecule has 1 atom stereocenters. The van der Waals surface area contributed by atoms with Gasteiger partial charge in [0.15, 0.2) is 6.29 Å². The van der Waals surface area contributed by atoms with Crippen molar-refractivity contribution in [3.05, 3.63) is 95.2 Å². The van der Waals surface area contributed by atoms with Crippen molar-refractivity contribution in [3.63, 3.8) is 0 Å². The van der Waals surface area contributed by atoms with Crippen molar-refractivity contribution in [1.82, 2.24) is 9.88 Å². The number of pyridine rings is 1. The quantitative estimate of drug-likeness (QED) is 0.437. The number of carbonyl (C=O) groups is 1. The Morgan fingerprint density at radius 1 is 1.06 bits per heavy atom. The number of aromatic nitrogens is 1. The molecule has 4 aromatic rings. The number of aryl methyl sites for hydroxylation is 2. The van der Waals surface area contributed by atoms with E-state index < -0.39 is 6.29 Å². The highest BCUT2D eigenvalue weighted by Crippen LogP contribution is 2.31. The Kier molecular flexibility index (Phi) is 6.72. The molecule has 0 aliphatic carbocycles. The summed E-state index contributed by atoms with van der Waals surface area (Å²) in [6.45, 7) is 6.03. The lowest BCUT2D eigenvalue weighted by molar-refractivity contribution is -0.104. The Morgan fingerprint density at radius 2 is 1.83 bits per heavy atom. The number of benzene rings is 3. The molecule has 36 heavy (non-hydrogen) atoms. The Balaban J connectivity index is 1.53. The van der Waals surface area contributed by atoms with E-state index in [-0.39, 0.29) is 5.91 Å². The zero-order valence-electron chi connectivity index (χ0n) is 20.9. The van der Waals surface area contributed by atoms with Gasteiger partial charge in [-0.2, -0.15) is 0 Å². The second-order valence-corrected chi connectivity index (χ2v) is 9.42. The predicted octanol–water partition coefficient (Wildman–Crippen LogP) is 4.95. The van der Waals surface area contributed by atoms with Crippen LogP contribution in [-0.2, 0) is 11.3 Å². The summed E-state index contributed by atoms with van der Waals surface area (Å²) in [6.07, 6.45) is 0.826. The summed E-state index contributed by atoms with van der Waals surface area (Å²) < 4.78 is 5.28. The standard InChI is InChI=1S/C30H31N3O3/c1-20-8-4-6-10-23(20)25-16-28(33-14-15-36-29(34)19-33)31-17-26(25)30(35)32(3)18-27-21(2)12-13-22-9-5-7-11-24(22)27/h4-13,16-17,29,34H,14-15,18-19H2,1-3H3. The summed E-state index contributed by atoms with van der Waals surface area (Å²) in [4.78, 5) is 22.3. The van der Waals surface area contributed by atoms with Gasteiger partial charge in [0.1, 0.15) is 5.82 Å². The van der Waals surface area contributed by atoms with Crippen LogP contribution in [0.2, 0.25) is 0 Å². The monoisotopic (exact) mass is 481 g/mol. The van der Waals surface area contributed by atoms with Crippen LogP contribution in [0.3, 0.4) is 0 Å². The smallest absolute Gasteiger partial charge is 0.256 e. The average Bonchev–Trinajstić information content (AvgIpc) is 2.90. The second-order valence-electron chi connectivity index (χ2n) is 9.42. The van der Waals surface area contributed by atoms with E-state index in [4.69, 9.17) is 4.74 Å². The molecule has 1 amide bonds. The molecule has 1 aromatic heterocycles. The number of fused-ring (bicyclic) bond motifs is 1. The van der Waals surface area contributed by atoms with Crippen molar-refractivity contribution in [2.45, 2.75) is 26.7 Å². The van der Waals surface area contributed by atoms with Gasteiger partial charge in [-0.15, -0.1) is 0 Å². The molecule has 1 fully saturated rings. The maximum absolute atomic E-state index is 13.9. The molecule has 6 nitrogen and oxygen atoms in total. The lowest BCUT2D eigenvalue weighted by atomic mass is 9.96. The number of ether oxygens (including phenoxy) is 1. The summed E-state index contributed by atoms with van der Waals surface area (Å²) in [6, 6.07) is 22.5. The first kappa shape index (κ1) is 24.0. The lowest BCUT2D eigenvalue weighted by Crippen LogP contribution is -2.42. The number of amides is 1. The lowest BCUT2D eigenvalue weighted by Gasteiger charge is -2.31. The number of carbonyl (C=O) groups excluding carboxylic acids is 1.